The topological polar surface area (TPSA) is 115 Å². The SMILES string of the molecule is N#Cc1c(-c2ccc(CNC=O)c3c2cnn3SF)nn(C(CF)CF)c1N. The molecule has 0 atom stereocenters. The van der Waals surface area contributed by atoms with Crippen molar-refractivity contribution in [2.75, 3.05) is 19.1 Å². The number of nitrogens with two attached hydrogens (primary N) is 1. The number of halogens is 3. The zero-order chi connectivity index (χ0) is 20.3. The van der Waals surface area contributed by atoms with E-state index in [4.69, 9.17) is 5.73 Å². The summed E-state index contributed by atoms with van der Waals surface area (Å²) in [6, 6.07) is 3.86. The summed E-state index contributed by atoms with van der Waals surface area (Å²) >= 11 is -0.138. The Labute approximate surface area is 161 Å². The minimum absolute atomic E-state index is 0.0485. The molecule has 3 rings (SSSR count). The van der Waals surface area contributed by atoms with E-state index in [0.29, 0.717) is 28.4 Å². The van der Waals surface area contributed by atoms with Crippen LogP contribution in [0.2, 0.25) is 0 Å². The van der Waals surface area contributed by atoms with Crippen LogP contribution in [0.25, 0.3) is 22.2 Å². The summed E-state index contributed by atoms with van der Waals surface area (Å²) in [5.74, 6) is -0.162. The van der Waals surface area contributed by atoms with E-state index in [1.54, 1.807) is 12.1 Å². The largest absolute Gasteiger partial charge is 0.383 e. The predicted molar refractivity (Wildman–Crippen MR) is 98.1 cm³/mol. The van der Waals surface area contributed by atoms with Gasteiger partial charge in [-0.2, -0.15) is 19.5 Å². The van der Waals surface area contributed by atoms with Crippen molar-refractivity contribution in [2.24, 2.45) is 0 Å². The first-order chi connectivity index (χ1) is 13.6. The van der Waals surface area contributed by atoms with Crippen LogP contribution in [0.5, 0.6) is 0 Å². The molecule has 8 nitrogen and oxygen atoms in total. The van der Waals surface area contributed by atoms with E-state index in [2.05, 4.69) is 15.5 Å². The standard InChI is InChI=1S/C16H14F3N7OS/c17-3-10(4-18)25-16(21)12(5-20)14(24-25)11-2-1-9(6-22-8-27)15-13(11)7-23-26(15)28-19/h1-2,7-8,10H,3-4,6,21H2,(H,22,27). The summed E-state index contributed by atoms with van der Waals surface area (Å²) in [5, 5.41) is 20.5. The molecule has 0 saturated heterocycles. The molecular weight excluding hydrogens is 395 g/mol. The van der Waals surface area contributed by atoms with Crippen LogP contribution in [0.1, 0.15) is 17.2 Å². The molecule has 0 spiro atoms. The third-order valence-electron chi connectivity index (χ3n) is 4.24. The molecule has 3 aromatic rings. The highest BCUT2D eigenvalue weighted by atomic mass is 32.2. The fourth-order valence-corrected chi connectivity index (χ4v) is 3.29. The minimum atomic E-state index is -1.25. The molecule has 0 bridgehead atoms. The lowest BCUT2D eigenvalue weighted by atomic mass is 10.0. The van der Waals surface area contributed by atoms with E-state index >= 15 is 0 Å². The zero-order valence-electron chi connectivity index (χ0n) is 14.3. The Hall–Kier alpha value is -3.20. The summed E-state index contributed by atoms with van der Waals surface area (Å²) in [5.41, 5.74) is 7.27. The van der Waals surface area contributed by atoms with Crippen LogP contribution in [0, 0.1) is 11.3 Å². The van der Waals surface area contributed by atoms with Gasteiger partial charge in [0.05, 0.1) is 11.7 Å². The highest BCUT2D eigenvalue weighted by Gasteiger charge is 2.25. The number of nitriles is 1. The number of fused-ring (bicyclic) bond motifs is 1. The van der Waals surface area contributed by atoms with E-state index in [1.165, 1.54) is 6.20 Å². The lowest BCUT2D eigenvalue weighted by Gasteiger charge is -2.10. The van der Waals surface area contributed by atoms with Crippen molar-refractivity contribution in [1.29, 1.82) is 5.26 Å². The number of hydrogen-bond acceptors (Lipinski definition) is 6. The van der Waals surface area contributed by atoms with Gasteiger partial charge in [0.15, 0.2) is 12.3 Å². The summed E-state index contributed by atoms with van der Waals surface area (Å²) in [6.45, 7) is -1.97. The first-order valence-corrected chi connectivity index (χ1v) is 8.64. The Morgan fingerprint density at radius 1 is 1.39 bits per heavy atom. The van der Waals surface area contributed by atoms with E-state index in [1.807, 2.05) is 6.07 Å². The maximum absolute atomic E-state index is 13.3. The Morgan fingerprint density at radius 2 is 2.14 bits per heavy atom. The Bertz CT molecular complexity index is 1050. The summed E-state index contributed by atoms with van der Waals surface area (Å²) in [6.07, 6.45) is 1.88. The molecule has 0 saturated carbocycles. The number of amides is 1. The molecule has 0 aliphatic rings. The molecule has 3 N–H and O–H groups in total. The normalized spacial score (nSPS) is 11.1. The van der Waals surface area contributed by atoms with E-state index in [-0.39, 0.29) is 36.0 Å². The minimum Gasteiger partial charge on any atom is -0.383 e. The molecule has 146 valence electrons. The van der Waals surface area contributed by atoms with Gasteiger partial charge in [-0.25, -0.2) is 13.5 Å². The van der Waals surface area contributed by atoms with Gasteiger partial charge < -0.3 is 11.1 Å². The van der Waals surface area contributed by atoms with Gasteiger partial charge in [-0.3, -0.25) is 4.79 Å². The second-order valence-electron chi connectivity index (χ2n) is 5.75. The Kier molecular flexibility index (Phi) is 5.74. The van der Waals surface area contributed by atoms with Crippen LogP contribution in [-0.2, 0) is 11.3 Å². The van der Waals surface area contributed by atoms with Crippen LogP contribution in [0.4, 0.5) is 18.5 Å². The van der Waals surface area contributed by atoms with Gasteiger partial charge in [0.25, 0.3) is 0 Å². The number of carbonyl (C=O) groups is 1. The van der Waals surface area contributed by atoms with Crippen molar-refractivity contribution in [3.8, 4) is 17.3 Å². The van der Waals surface area contributed by atoms with Crippen LogP contribution in [0.15, 0.2) is 18.3 Å². The molecule has 0 unspecified atom stereocenters. The highest BCUT2D eigenvalue weighted by Crippen LogP contribution is 2.36. The van der Waals surface area contributed by atoms with Crippen molar-refractivity contribution in [1.82, 2.24) is 24.3 Å². The fourth-order valence-electron chi connectivity index (χ4n) is 2.93. The smallest absolute Gasteiger partial charge is 0.207 e. The highest BCUT2D eigenvalue weighted by molar-refractivity contribution is 7.92. The number of hydrogen-bond donors (Lipinski definition) is 2. The second-order valence-corrected chi connectivity index (χ2v) is 6.23. The van der Waals surface area contributed by atoms with Crippen molar-refractivity contribution in [3.63, 3.8) is 0 Å². The molecular formula is C16H14F3N7OS. The van der Waals surface area contributed by atoms with Gasteiger partial charge in [0.2, 0.25) is 6.41 Å². The van der Waals surface area contributed by atoms with Gasteiger partial charge in [0.1, 0.15) is 42.5 Å². The first-order valence-electron chi connectivity index (χ1n) is 7.97. The maximum atomic E-state index is 13.3. The molecule has 0 aliphatic heterocycles. The average molecular weight is 409 g/mol. The van der Waals surface area contributed by atoms with Crippen LogP contribution in [0.3, 0.4) is 0 Å². The number of nitrogen functional groups attached to an aromatic ring is 1. The number of alkyl halides is 2. The van der Waals surface area contributed by atoms with Gasteiger partial charge in [-0.15, -0.1) is 3.89 Å². The molecule has 2 heterocycles. The number of nitrogens with zero attached hydrogens (tertiary/aromatic N) is 5. The number of aromatic nitrogens is 4. The number of anilines is 1. The van der Waals surface area contributed by atoms with Crippen molar-refractivity contribution < 1.29 is 17.5 Å². The predicted octanol–water partition coefficient (Wildman–Crippen LogP) is 2.46. The van der Waals surface area contributed by atoms with Crippen molar-refractivity contribution in [3.05, 3.63) is 29.5 Å². The number of nitrogens with one attached hydrogen (secondary N) is 1. The molecule has 28 heavy (non-hydrogen) atoms. The summed E-state index contributed by atoms with van der Waals surface area (Å²) < 4.78 is 41.5. The van der Waals surface area contributed by atoms with Gasteiger partial charge in [-0.05, 0) is 5.56 Å². The monoisotopic (exact) mass is 409 g/mol. The molecule has 1 amide bonds. The maximum Gasteiger partial charge on any atom is 0.207 e. The lowest BCUT2D eigenvalue weighted by molar-refractivity contribution is -0.109. The number of carbonyl (C=O) groups excluding carboxylic acids is 1. The third-order valence-corrected chi connectivity index (χ3v) is 4.65. The van der Waals surface area contributed by atoms with Crippen molar-refractivity contribution >= 4 is 35.5 Å². The second kappa shape index (κ2) is 8.22. The molecule has 2 aromatic heterocycles. The van der Waals surface area contributed by atoms with E-state index < -0.39 is 19.4 Å². The van der Waals surface area contributed by atoms with Crippen LogP contribution >= 0.6 is 12.3 Å². The van der Waals surface area contributed by atoms with Crippen LogP contribution in [-0.4, -0.2) is 38.7 Å². The molecule has 0 radical (unpaired) electrons. The lowest BCUT2D eigenvalue weighted by Crippen LogP contribution is -2.17. The summed E-state index contributed by atoms with van der Waals surface area (Å²) in [4.78, 5) is 10.6. The number of rotatable bonds is 8. The van der Waals surface area contributed by atoms with Crippen molar-refractivity contribution in [2.45, 2.75) is 12.6 Å². The molecule has 0 fully saturated rings. The molecule has 0 aliphatic carbocycles. The van der Waals surface area contributed by atoms with Gasteiger partial charge in [0, 0.05) is 17.5 Å². The molecule has 12 heteroatoms. The first kappa shape index (κ1) is 19.6. The van der Waals surface area contributed by atoms with Crippen LogP contribution < -0.4 is 11.1 Å². The Balaban J connectivity index is 2.25. The van der Waals surface area contributed by atoms with E-state index in [9.17, 15) is 22.7 Å². The Morgan fingerprint density at radius 3 is 2.75 bits per heavy atom. The molecule has 1 aromatic carbocycles. The van der Waals surface area contributed by atoms with Gasteiger partial charge >= 0.3 is 0 Å². The average Bonchev–Trinajstić information content (AvgIpc) is 3.29. The number of benzene rings is 1. The summed E-state index contributed by atoms with van der Waals surface area (Å²) in [7, 11) is 0. The third kappa shape index (κ3) is 3.13. The quantitative estimate of drug-likeness (QED) is 0.553. The van der Waals surface area contributed by atoms with E-state index in [0.717, 1.165) is 8.77 Å². The fraction of sp³-hybridized carbons (Fsp3) is 0.250. The van der Waals surface area contributed by atoms with Gasteiger partial charge in [-0.1, -0.05) is 12.1 Å². The zero-order valence-corrected chi connectivity index (χ0v) is 15.1.